The van der Waals surface area contributed by atoms with E-state index in [-0.39, 0.29) is 13.1 Å². The van der Waals surface area contributed by atoms with E-state index >= 15 is 0 Å². The van der Waals surface area contributed by atoms with Crippen molar-refractivity contribution in [3.8, 4) is 5.75 Å². The molecule has 7 nitrogen and oxygen atoms in total. The van der Waals surface area contributed by atoms with Crippen LogP contribution in [-0.2, 0) is 10.0 Å². The number of methoxy groups -OCH3 is 1. The highest BCUT2D eigenvalue weighted by Crippen LogP contribution is 2.21. The van der Waals surface area contributed by atoms with E-state index in [1.807, 2.05) is 18.2 Å². The van der Waals surface area contributed by atoms with Crippen LogP contribution in [0.4, 0.5) is 16.2 Å². The molecule has 0 aromatic heterocycles. The van der Waals surface area contributed by atoms with Crippen LogP contribution in [0, 0.1) is 0 Å². The van der Waals surface area contributed by atoms with Gasteiger partial charge in [0.25, 0.3) is 0 Å². The first kappa shape index (κ1) is 18.6. The number of nitrogens with one attached hydrogen (secondary N) is 2. The van der Waals surface area contributed by atoms with Crippen LogP contribution in [0.15, 0.2) is 54.6 Å². The Balaban J connectivity index is 1.95. The number of amides is 2. The Hall–Kier alpha value is -2.74. The van der Waals surface area contributed by atoms with Crippen molar-refractivity contribution in [1.82, 2.24) is 5.32 Å². The monoisotopic (exact) mass is 363 g/mol. The second-order valence-electron chi connectivity index (χ2n) is 5.28. The molecule has 0 unspecified atom stereocenters. The molecule has 0 aliphatic heterocycles. The zero-order valence-corrected chi connectivity index (χ0v) is 14.9. The van der Waals surface area contributed by atoms with E-state index in [2.05, 4.69) is 10.6 Å². The van der Waals surface area contributed by atoms with Crippen LogP contribution < -0.4 is 19.7 Å². The Morgan fingerprint density at radius 2 is 1.72 bits per heavy atom. The van der Waals surface area contributed by atoms with Crippen LogP contribution >= 0.6 is 0 Å². The molecule has 0 saturated carbocycles. The van der Waals surface area contributed by atoms with E-state index in [1.165, 1.54) is 4.31 Å². The van der Waals surface area contributed by atoms with Gasteiger partial charge in [0.05, 0.1) is 25.6 Å². The highest BCUT2D eigenvalue weighted by Gasteiger charge is 2.17. The minimum Gasteiger partial charge on any atom is -0.497 e. The minimum atomic E-state index is -3.47. The number of urea groups is 1. The molecule has 0 fully saturated rings. The third kappa shape index (κ3) is 5.68. The molecule has 8 heteroatoms. The summed E-state index contributed by atoms with van der Waals surface area (Å²) >= 11 is 0. The predicted molar refractivity (Wildman–Crippen MR) is 98.6 cm³/mol. The summed E-state index contributed by atoms with van der Waals surface area (Å²) in [6.45, 7) is 0.283. The lowest BCUT2D eigenvalue weighted by atomic mass is 10.3. The lowest BCUT2D eigenvalue weighted by Gasteiger charge is -2.22. The van der Waals surface area contributed by atoms with Gasteiger partial charge in [0.1, 0.15) is 5.75 Å². The lowest BCUT2D eigenvalue weighted by molar-refractivity contribution is 0.252. The fourth-order valence-corrected chi connectivity index (χ4v) is 3.13. The molecule has 2 aromatic rings. The molecule has 2 aromatic carbocycles. The molecule has 0 radical (unpaired) electrons. The third-order valence-corrected chi connectivity index (χ3v) is 4.59. The smallest absolute Gasteiger partial charge is 0.319 e. The molecular formula is C17H21N3O4S. The summed E-state index contributed by atoms with van der Waals surface area (Å²) in [5, 5.41) is 5.32. The van der Waals surface area contributed by atoms with Gasteiger partial charge in [-0.05, 0) is 36.4 Å². The Morgan fingerprint density at radius 3 is 2.28 bits per heavy atom. The van der Waals surface area contributed by atoms with Crippen molar-refractivity contribution < 1.29 is 17.9 Å². The number of para-hydroxylation sites is 1. The molecule has 0 bridgehead atoms. The van der Waals surface area contributed by atoms with Crippen molar-refractivity contribution in [1.29, 1.82) is 0 Å². The Labute approximate surface area is 147 Å². The minimum absolute atomic E-state index is 0.118. The normalized spacial score (nSPS) is 10.8. The van der Waals surface area contributed by atoms with Crippen LogP contribution in [0.2, 0.25) is 0 Å². The first-order valence-electron chi connectivity index (χ1n) is 7.62. The molecule has 2 rings (SSSR count). The van der Waals surface area contributed by atoms with Gasteiger partial charge in [0.2, 0.25) is 10.0 Å². The van der Waals surface area contributed by atoms with Crippen LogP contribution in [-0.4, -0.2) is 40.9 Å². The van der Waals surface area contributed by atoms with Crippen LogP contribution in [0.3, 0.4) is 0 Å². The Bertz CT molecular complexity index is 792. The van der Waals surface area contributed by atoms with E-state index in [0.29, 0.717) is 17.1 Å². The Morgan fingerprint density at radius 1 is 1.08 bits per heavy atom. The van der Waals surface area contributed by atoms with E-state index in [0.717, 1.165) is 6.26 Å². The number of rotatable bonds is 7. The first-order chi connectivity index (χ1) is 11.9. The lowest BCUT2D eigenvalue weighted by Crippen LogP contribution is -2.39. The van der Waals surface area contributed by atoms with Crippen LogP contribution in [0.25, 0.3) is 0 Å². The largest absolute Gasteiger partial charge is 0.497 e. The van der Waals surface area contributed by atoms with Crippen molar-refractivity contribution in [2.45, 2.75) is 0 Å². The molecule has 134 valence electrons. The SMILES string of the molecule is COc1ccc(N(CCNC(=O)Nc2ccccc2)S(C)(=O)=O)cc1. The molecule has 2 N–H and O–H groups in total. The topological polar surface area (TPSA) is 87.7 Å². The van der Waals surface area contributed by atoms with Gasteiger partial charge in [-0.15, -0.1) is 0 Å². The highest BCUT2D eigenvalue weighted by atomic mass is 32.2. The average Bonchev–Trinajstić information content (AvgIpc) is 2.59. The van der Waals surface area contributed by atoms with E-state index < -0.39 is 16.1 Å². The van der Waals surface area contributed by atoms with E-state index in [4.69, 9.17) is 4.74 Å². The van der Waals surface area contributed by atoms with Gasteiger partial charge in [-0.2, -0.15) is 0 Å². The summed E-state index contributed by atoms with van der Waals surface area (Å²) in [6.07, 6.45) is 1.13. The van der Waals surface area contributed by atoms with Gasteiger partial charge >= 0.3 is 6.03 Å². The number of sulfonamides is 1. The molecule has 2 amide bonds. The maximum atomic E-state index is 12.0. The molecule has 0 spiro atoms. The number of benzene rings is 2. The highest BCUT2D eigenvalue weighted by molar-refractivity contribution is 7.92. The maximum Gasteiger partial charge on any atom is 0.319 e. The molecule has 0 saturated heterocycles. The van der Waals surface area contributed by atoms with E-state index in [1.54, 1.807) is 43.5 Å². The van der Waals surface area contributed by atoms with Gasteiger partial charge < -0.3 is 15.4 Å². The first-order valence-corrected chi connectivity index (χ1v) is 9.46. The summed E-state index contributed by atoms with van der Waals surface area (Å²) in [7, 11) is -1.93. The van der Waals surface area contributed by atoms with Crippen molar-refractivity contribution in [2.75, 3.05) is 36.1 Å². The number of carbonyl (C=O) groups excluding carboxylic acids is 1. The maximum absolute atomic E-state index is 12.0. The molecule has 25 heavy (non-hydrogen) atoms. The van der Waals surface area contributed by atoms with Crippen molar-refractivity contribution >= 4 is 27.4 Å². The number of nitrogens with zero attached hydrogens (tertiary/aromatic N) is 1. The van der Waals surface area contributed by atoms with Gasteiger partial charge in [0.15, 0.2) is 0 Å². The predicted octanol–water partition coefficient (Wildman–Crippen LogP) is 2.28. The van der Waals surface area contributed by atoms with Gasteiger partial charge in [-0.25, -0.2) is 13.2 Å². The summed E-state index contributed by atoms with van der Waals surface area (Å²) in [5.74, 6) is 0.637. The molecule has 0 heterocycles. The van der Waals surface area contributed by atoms with Crippen molar-refractivity contribution in [3.05, 3.63) is 54.6 Å². The van der Waals surface area contributed by atoms with Gasteiger partial charge in [-0.3, -0.25) is 4.31 Å². The molecule has 0 aliphatic carbocycles. The standard InChI is InChI=1S/C17H21N3O4S/c1-24-16-10-8-15(9-11-16)20(25(2,22)23)13-12-18-17(21)19-14-6-4-3-5-7-14/h3-11H,12-13H2,1-2H3,(H2,18,19,21). The number of carbonyl (C=O) groups is 1. The number of anilines is 2. The zero-order valence-electron chi connectivity index (χ0n) is 14.1. The molecule has 0 atom stereocenters. The third-order valence-electron chi connectivity index (χ3n) is 3.39. The van der Waals surface area contributed by atoms with E-state index in [9.17, 15) is 13.2 Å². The zero-order chi connectivity index (χ0) is 18.3. The Kier molecular flexibility index (Phi) is 6.24. The summed E-state index contributed by atoms with van der Waals surface area (Å²) in [6, 6.07) is 15.3. The second kappa shape index (κ2) is 8.39. The average molecular weight is 363 g/mol. The van der Waals surface area contributed by atoms with Crippen LogP contribution in [0.5, 0.6) is 5.75 Å². The quantitative estimate of drug-likeness (QED) is 0.790. The van der Waals surface area contributed by atoms with Gasteiger partial charge in [-0.1, -0.05) is 18.2 Å². The number of hydrogen-bond acceptors (Lipinski definition) is 4. The molecule has 0 aliphatic rings. The van der Waals surface area contributed by atoms with Crippen LogP contribution in [0.1, 0.15) is 0 Å². The fraction of sp³-hybridized carbons (Fsp3) is 0.235. The second-order valence-corrected chi connectivity index (χ2v) is 7.19. The summed E-state index contributed by atoms with van der Waals surface area (Å²) < 4.78 is 30.3. The summed E-state index contributed by atoms with van der Waals surface area (Å²) in [5.41, 5.74) is 1.17. The number of ether oxygens (including phenoxy) is 1. The fourth-order valence-electron chi connectivity index (χ4n) is 2.20. The van der Waals surface area contributed by atoms with Gasteiger partial charge in [0, 0.05) is 12.2 Å². The van der Waals surface area contributed by atoms with Crippen molar-refractivity contribution in [2.24, 2.45) is 0 Å². The number of hydrogen-bond donors (Lipinski definition) is 2. The van der Waals surface area contributed by atoms with Crippen molar-refractivity contribution in [3.63, 3.8) is 0 Å². The summed E-state index contributed by atoms with van der Waals surface area (Å²) in [4.78, 5) is 11.9. The molecular weight excluding hydrogens is 342 g/mol.